The van der Waals surface area contributed by atoms with Crippen LogP contribution in [0.3, 0.4) is 0 Å². The molecule has 0 aliphatic carbocycles. The molecular weight excluding hydrogens is 204 g/mol. The van der Waals surface area contributed by atoms with Crippen molar-refractivity contribution < 1.29 is 4.12 Å². The van der Waals surface area contributed by atoms with E-state index in [2.05, 4.69) is 40.0 Å². The number of hydrogen-bond acceptors (Lipinski definition) is 1. The smallest absolute Gasteiger partial charge is 0.176 e. The number of rotatable bonds is 7. The van der Waals surface area contributed by atoms with Crippen molar-refractivity contribution in [3.63, 3.8) is 0 Å². The summed E-state index contributed by atoms with van der Waals surface area (Å²) in [5.74, 6) is 0. The first kappa shape index (κ1) is 14.4. The Balaban J connectivity index is 4.28. The molecular formula is C11H28OSi2. The van der Waals surface area contributed by atoms with Gasteiger partial charge in [0, 0.05) is 0 Å². The molecule has 0 aromatic carbocycles. The molecule has 86 valence electrons. The highest BCUT2D eigenvalue weighted by molar-refractivity contribution is 6.78. The van der Waals surface area contributed by atoms with E-state index in [1.165, 1.54) is 25.7 Å². The SMILES string of the molecule is CCCC(CCC)[Si](C)(C)O[SiH](C)C. The van der Waals surface area contributed by atoms with E-state index in [0.717, 1.165) is 5.54 Å². The van der Waals surface area contributed by atoms with Gasteiger partial charge >= 0.3 is 0 Å². The van der Waals surface area contributed by atoms with Crippen molar-refractivity contribution in [1.29, 1.82) is 0 Å². The van der Waals surface area contributed by atoms with Crippen molar-refractivity contribution >= 4 is 17.4 Å². The van der Waals surface area contributed by atoms with E-state index < -0.39 is 17.4 Å². The van der Waals surface area contributed by atoms with Gasteiger partial charge in [0.25, 0.3) is 0 Å². The first-order valence-corrected chi connectivity index (χ1v) is 11.9. The largest absolute Gasteiger partial charge is 0.458 e. The van der Waals surface area contributed by atoms with Gasteiger partial charge in [-0.3, -0.25) is 0 Å². The van der Waals surface area contributed by atoms with Gasteiger partial charge in [0.05, 0.1) is 0 Å². The Labute approximate surface area is 93.1 Å². The molecule has 0 unspecified atom stereocenters. The fourth-order valence-electron chi connectivity index (χ4n) is 2.24. The van der Waals surface area contributed by atoms with E-state index >= 15 is 0 Å². The summed E-state index contributed by atoms with van der Waals surface area (Å²) in [6.45, 7) is 14.0. The van der Waals surface area contributed by atoms with Gasteiger partial charge in [0.2, 0.25) is 0 Å². The molecule has 1 nitrogen and oxygen atoms in total. The van der Waals surface area contributed by atoms with Gasteiger partial charge in [0.15, 0.2) is 17.4 Å². The Bertz CT molecular complexity index is 140. The van der Waals surface area contributed by atoms with Crippen molar-refractivity contribution in [2.45, 2.75) is 71.3 Å². The van der Waals surface area contributed by atoms with E-state index in [9.17, 15) is 0 Å². The molecule has 0 aromatic heterocycles. The van der Waals surface area contributed by atoms with Gasteiger partial charge in [0.1, 0.15) is 0 Å². The van der Waals surface area contributed by atoms with E-state index in [1.807, 2.05) is 0 Å². The monoisotopic (exact) mass is 232 g/mol. The van der Waals surface area contributed by atoms with Gasteiger partial charge in [-0.25, -0.2) is 0 Å². The number of hydrogen-bond donors (Lipinski definition) is 0. The lowest BCUT2D eigenvalue weighted by molar-refractivity contribution is 0.507. The lowest BCUT2D eigenvalue weighted by Crippen LogP contribution is -2.40. The molecule has 0 amide bonds. The highest BCUT2D eigenvalue weighted by atomic mass is 28.4. The maximum Gasteiger partial charge on any atom is 0.176 e. The van der Waals surface area contributed by atoms with Crippen molar-refractivity contribution in [2.75, 3.05) is 0 Å². The summed E-state index contributed by atoms with van der Waals surface area (Å²) in [6, 6.07) is 0. The van der Waals surface area contributed by atoms with E-state index in [0.29, 0.717) is 0 Å². The van der Waals surface area contributed by atoms with Crippen LogP contribution in [0.25, 0.3) is 0 Å². The quantitative estimate of drug-likeness (QED) is 0.599. The maximum absolute atomic E-state index is 6.28. The molecule has 0 aromatic rings. The van der Waals surface area contributed by atoms with Crippen molar-refractivity contribution in [1.82, 2.24) is 0 Å². The van der Waals surface area contributed by atoms with Crippen molar-refractivity contribution in [3.8, 4) is 0 Å². The summed E-state index contributed by atoms with van der Waals surface area (Å²) in [5.41, 5.74) is 0.882. The van der Waals surface area contributed by atoms with Gasteiger partial charge in [-0.05, 0) is 31.7 Å². The molecule has 0 aliphatic heterocycles. The zero-order valence-electron chi connectivity index (χ0n) is 10.9. The van der Waals surface area contributed by atoms with Crippen molar-refractivity contribution in [2.24, 2.45) is 0 Å². The summed E-state index contributed by atoms with van der Waals surface area (Å²) >= 11 is 0. The first-order chi connectivity index (χ1) is 6.44. The minimum absolute atomic E-state index is 0.840. The molecule has 0 radical (unpaired) electrons. The predicted octanol–water partition coefficient (Wildman–Crippen LogP) is 4.16. The highest BCUT2D eigenvalue weighted by Gasteiger charge is 2.32. The van der Waals surface area contributed by atoms with E-state index in [-0.39, 0.29) is 0 Å². The van der Waals surface area contributed by atoms with Crippen molar-refractivity contribution in [3.05, 3.63) is 0 Å². The Morgan fingerprint density at radius 3 is 1.79 bits per heavy atom. The summed E-state index contributed by atoms with van der Waals surface area (Å²) in [6.07, 6.45) is 5.36. The zero-order valence-corrected chi connectivity index (χ0v) is 13.0. The van der Waals surface area contributed by atoms with Gasteiger partial charge < -0.3 is 4.12 Å². The van der Waals surface area contributed by atoms with Gasteiger partial charge in [-0.2, -0.15) is 0 Å². The molecule has 0 bridgehead atoms. The molecule has 0 rings (SSSR count). The Morgan fingerprint density at radius 2 is 1.50 bits per heavy atom. The van der Waals surface area contributed by atoms with E-state index in [1.54, 1.807) is 0 Å². The van der Waals surface area contributed by atoms with Gasteiger partial charge in [-0.1, -0.05) is 39.5 Å². The third-order valence-electron chi connectivity index (χ3n) is 2.80. The van der Waals surface area contributed by atoms with Crippen LogP contribution in [0, 0.1) is 0 Å². The van der Waals surface area contributed by atoms with Crippen LogP contribution in [0.2, 0.25) is 31.7 Å². The highest BCUT2D eigenvalue weighted by Crippen LogP contribution is 2.32. The second-order valence-corrected chi connectivity index (χ2v) is 12.1. The van der Waals surface area contributed by atoms with Crippen LogP contribution in [0.4, 0.5) is 0 Å². The van der Waals surface area contributed by atoms with Crippen LogP contribution in [-0.4, -0.2) is 17.4 Å². The lowest BCUT2D eigenvalue weighted by atomic mass is 10.1. The fraction of sp³-hybridized carbons (Fsp3) is 1.00. The molecule has 0 aliphatic rings. The summed E-state index contributed by atoms with van der Waals surface area (Å²) in [4.78, 5) is 0. The third kappa shape index (κ3) is 5.32. The fourth-order valence-corrected chi connectivity index (χ4v) is 9.84. The van der Waals surface area contributed by atoms with Crippen LogP contribution >= 0.6 is 0 Å². The standard InChI is InChI=1S/C11H28OSi2/c1-7-9-11(10-8-2)14(5,6)12-13(3)4/h11,13H,7-10H2,1-6H3. The Morgan fingerprint density at radius 1 is 1.07 bits per heavy atom. The average molecular weight is 233 g/mol. The zero-order chi connectivity index (χ0) is 11.2. The Kier molecular flexibility index (Phi) is 6.99. The Hall–Kier alpha value is 0.394. The second-order valence-electron chi connectivity index (χ2n) is 5.04. The normalized spacial score (nSPS) is 12.9. The minimum atomic E-state index is -1.38. The first-order valence-electron chi connectivity index (χ1n) is 6.11. The van der Waals surface area contributed by atoms with Crippen LogP contribution in [-0.2, 0) is 4.12 Å². The molecule has 3 heteroatoms. The summed E-state index contributed by atoms with van der Waals surface area (Å²) in [5, 5.41) is 0. The van der Waals surface area contributed by atoms with Crippen LogP contribution < -0.4 is 0 Å². The van der Waals surface area contributed by atoms with Crippen LogP contribution in [0.5, 0.6) is 0 Å². The van der Waals surface area contributed by atoms with Gasteiger partial charge in [-0.15, -0.1) is 0 Å². The molecule has 0 fully saturated rings. The van der Waals surface area contributed by atoms with E-state index in [4.69, 9.17) is 4.12 Å². The molecule has 0 heterocycles. The predicted molar refractivity (Wildman–Crippen MR) is 71.0 cm³/mol. The topological polar surface area (TPSA) is 9.23 Å². The molecule has 0 N–H and O–H groups in total. The average Bonchev–Trinajstić information content (AvgIpc) is 2.01. The second kappa shape index (κ2) is 6.80. The van der Waals surface area contributed by atoms with Crippen LogP contribution in [0.15, 0.2) is 0 Å². The lowest BCUT2D eigenvalue weighted by Gasteiger charge is -2.34. The molecule has 0 atom stereocenters. The molecule has 0 spiro atoms. The molecule has 0 saturated heterocycles. The summed E-state index contributed by atoms with van der Waals surface area (Å²) < 4.78 is 6.28. The minimum Gasteiger partial charge on any atom is -0.458 e. The summed E-state index contributed by atoms with van der Waals surface area (Å²) in [7, 11) is -2.22. The van der Waals surface area contributed by atoms with Crippen LogP contribution in [0.1, 0.15) is 39.5 Å². The maximum atomic E-state index is 6.28. The molecule has 0 saturated carbocycles. The molecule has 14 heavy (non-hydrogen) atoms. The third-order valence-corrected chi connectivity index (χ3v) is 9.66.